The van der Waals surface area contributed by atoms with Crippen LogP contribution in [0.5, 0.6) is 5.75 Å². The second-order valence-electron chi connectivity index (χ2n) is 8.57. The number of rotatable bonds is 7. The molecule has 1 aromatic heterocycles. The Morgan fingerprint density at radius 3 is 2.62 bits per heavy atom. The van der Waals surface area contributed by atoms with E-state index in [1.165, 1.54) is 44.2 Å². The fraction of sp³-hybridized carbons (Fsp3) is 0.542. The predicted molar refractivity (Wildman–Crippen MR) is 113 cm³/mol. The van der Waals surface area contributed by atoms with E-state index in [0.717, 1.165) is 43.1 Å². The van der Waals surface area contributed by atoms with Crippen LogP contribution in [0.15, 0.2) is 24.3 Å². The van der Waals surface area contributed by atoms with Crippen molar-refractivity contribution in [3.8, 4) is 17.0 Å². The van der Waals surface area contributed by atoms with Crippen LogP contribution in [0.2, 0.25) is 0 Å². The molecule has 0 saturated heterocycles. The third-order valence-electron chi connectivity index (χ3n) is 6.45. The van der Waals surface area contributed by atoms with Gasteiger partial charge in [-0.1, -0.05) is 32.1 Å². The van der Waals surface area contributed by atoms with E-state index >= 15 is 0 Å². The van der Waals surface area contributed by atoms with Crippen LogP contribution >= 0.6 is 0 Å². The van der Waals surface area contributed by atoms with E-state index in [1.54, 1.807) is 13.2 Å². The minimum atomic E-state index is -0.304. The number of hydrogen-bond acceptors (Lipinski definition) is 2. The highest BCUT2D eigenvalue weighted by atomic mass is 19.1. The summed E-state index contributed by atoms with van der Waals surface area (Å²) in [7, 11) is 1.60. The zero-order valence-electron chi connectivity index (χ0n) is 17.5. The number of halogens is 1. The molecule has 1 aromatic carbocycles. The summed E-state index contributed by atoms with van der Waals surface area (Å²) in [5, 5.41) is 3.23. The molecule has 29 heavy (non-hydrogen) atoms. The van der Waals surface area contributed by atoms with Gasteiger partial charge in [-0.25, -0.2) is 4.39 Å². The van der Waals surface area contributed by atoms with E-state index < -0.39 is 0 Å². The molecule has 4 rings (SSSR count). The first kappa shape index (κ1) is 20.0. The third-order valence-corrected chi connectivity index (χ3v) is 6.45. The normalized spacial score (nSPS) is 17.3. The number of aromatic nitrogens is 1. The minimum absolute atomic E-state index is 0.0174. The summed E-state index contributed by atoms with van der Waals surface area (Å²) in [6.45, 7) is 2.83. The van der Waals surface area contributed by atoms with Gasteiger partial charge in [-0.2, -0.15) is 0 Å². The molecule has 1 N–H and O–H groups in total. The van der Waals surface area contributed by atoms with Crippen LogP contribution in [0, 0.1) is 18.7 Å². The summed E-state index contributed by atoms with van der Waals surface area (Å²) in [5.74, 6) is 1.08. The molecule has 0 atom stereocenters. The first-order chi connectivity index (χ1) is 14.1. The number of amides is 1. The summed E-state index contributed by atoms with van der Waals surface area (Å²) < 4.78 is 21.7. The number of ether oxygens (including phenoxy) is 1. The van der Waals surface area contributed by atoms with Crippen molar-refractivity contribution in [3.05, 3.63) is 41.3 Å². The van der Waals surface area contributed by atoms with Crippen molar-refractivity contribution < 1.29 is 13.9 Å². The zero-order valence-corrected chi connectivity index (χ0v) is 17.5. The zero-order chi connectivity index (χ0) is 20.4. The molecule has 156 valence electrons. The Morgan fingerprint density at radius 2 is 1.93 bits per heavy atom. The van der Waals surface area contributed by atoms with Gasteiger partial charge < -0.3 is 14.6 Å². The number of methoxy groups -OCH3 is 1. The number of benzene rings is 1. The van der Waals surface area contributed by atoms with E-state index in [4.69, 9.17) is 4.74 Å². The average molecular weight is 399 g/mol. The quantitative estimate of drug-likeness (QED) is 0.672. The van der Waals surface area contributed by atoms with Crippen molar-refractivity contribution >= 4 is 5.91 Å². The molecule has 0 spiro atoms. The SMILES string of the molecule is COc1ccc(F)cc1-c1cc(C(=O)NC2CCCCC2)c(C)n1CCC1CC1. The summed E-state index contributed by atoms with van der Waals surface area (Å²) in [6.07, 6.45) is 9.38. The monoisotopic (exact) mass is 398 g/mol. The Morgan fingerprint density at radius 1 is 1.17 bits per heavy atom. The molecule has 2 aliphatic carbocycles. The van der Waals surface area contributed by atoms with Gasteiger partial charge in [-0.15, -0.1) is 0 Å². The molecule has 0 radical (unpaired) electrons. The first-order valence-electron chi connectivity index (χ1n) is 10.9. The Bertz CT molecular complexity index is 879. The molecule has 2 fully saturated rings. The maximum absolute atomic E-state index is 14.1. The highest BCUT2D eigenvalue weighted by Gasteiger charge is 2.26. The topological polar surface area (TPSA) is 43.3 Å². The molecule has 2 aromatic rings. The largest absolute Gasteiger partial charge is 0.496 e. The Balaban J connectivity index is 1.68. The van der Waals surface area contributed by atoms with Crippen molar-refractivity contribution in [1.82, 2.24) is 9.88 Å². The molecule has 1 amide bonds. The molecule has 5 heteroatoms. The number of carbonyl (C=O) groups is 1. The van der Waals surface area contributed by atoms with Crippen LogP contribution in [0.1, 0.15) is 67.4 Å². The predicted octanol–water partition coefficient (Wildman–Crippen LogP) is 5.47. The third kappa shape index (κ3) is 4.49. The second kappa shape index (κ2) is 8.60. The standard InChI is InChI=1S/C24H31FN2O2/c1-16-20(24(28)26-19-6-4-3-5-7-19)15-22(27(16)13-12-17-8-9-17)21-14-18(25)10-11-23(21)29-2/h10-11,14-15,17,19H,3-9,12-13H2,1-2H3,(H,26,28). The smallest absolute Gasteiger partial charge is 0.253 e. The van der Waals surface area contributed by atoms with E-state index in [9.17, 15) is 9.18 Å². The van der Waals surface area contributed by atoms with Gasteiger partial charge in [0.2, 0.25) is 0 Å². The van der Waals surface area contributed by atoms with Gasteiger partial charge in [-0.05, 0) is 56.4 Å². The lowest BCUT2D eigenvalue weighted by Gasteiger charge is -2.22. The van der Waals surface area contributed by atoms with Crippen molar-refractivity contribution in [3.63, 3.8) is 0 Å². The fourth-order valence-corrected chi connectivity index (χ4v) is 4.49. The number of hydrogen-bond donors (Lipinski definition) is 1. The minimum Gasteiger partial charge on any atom is -0.496 e. The molecular weight excluding hydrogens is 367 g/mol. The van der Waals surface area contributed by atoms with Crippen molar-refractivity contribution in [2.45, 2.75) is 70.9 Å². The Labute approximate surface area is 172 Å². The van der Waals surface area contributed by atoms with Crippen LogP contribution < -0.4 is 10.1 Å². The van der Waals surface area contributed by atoms with Gasteiger partial charge in [-0.3, -0.25) is 4.79 Å². The molecule has 0 unspecified atom stereocenters. The molecular formula is C24H31FN2O2. The van der Waals surface area contributed by atoms with E-state index in [-0.39, 0.29) is 17.8 Å². The van der Waals surface area contributed by atoms with Crippen molar-refractivity contribution in [2.75, 3.05) is 7.11 Å². The van der Waals surface area contributed by atoms with Crippen molar-refractivity contribution in [2.24, 2.45) is 5.92 Å². The van der Waals surface area contributed by atoms with Crippen LogP contribution in [0.4, 0.5) is 4.39 Å². The highest BCUT2D eigenvalue weighted by Crippen LogP contribution is 2.37. The fourth-order valence-electron chi connectivity index (χ4n) is 4.49. The lowest BCUT2D eigenvalue weighted by Crippen LogP contribution is -2.36. The van der Waals surface area contributed by atoms with Gasteiger partial charge in [0, 0.05) is 23.8 Å². The molecule has 2 aliphatic rings. The maximum Gasteiger partial charge on any atom is 0.253 e. The number of carbonyl (C=O) groups excluding carboxylic acids is 1. The van der Waals surface area contributed by atoms with Crippen LogP contribution in [-0.2, 0) is 6.54 Å². The van der Waals surface area contributed by atoms with Gasteiger partial charge in [0.15, 0.2) is 0 Å². The lowest BCUT2D eigenvalue weighted by atomic mass is 9.95. The van der Waals surface area contributed by atoms with E-state index in [1.807, 2.05) is 13.0 Å². The molecule has 2 saturated carbocycles. The van der Waals surface area contributed by atoms with Gasteiger partial charge in [0.25, 0.3) is 5.91 Å². The van der Waals surface area contributed by atoms with Gasteiger partial charge in [0.05, 0.1) is 18.4 Å². The summed E-state index contributed by atoms with van der Waals surface area (Å²) in [4.78, 5) is 13.1. The summed E-state index contributed by atoms with van der Waals surface area (Å²) in [6, 6.07) is 6.74. The van der Waals surface area contributed by atoms with Crippen LogP contribution in [0.25, 0.3) is 11.3 Å². The van der Waals surface area contributed by atoms with Crippen LogP contribution in [-0.4, -0.2) is 23.6 Å². The first-order valence-corrected chi connectivity index (χ1v) is 10.9. The molecule has 4 nitrogen and oxygen atoms in total. The summed E-state index contributed by atoms with van der Waals surface area (Å²) in [5.41, 5.74) is 3.18. The van der Waals surface area contributed by atoms with E-state index in [2.05, 4.69) is 9.88 Å². The molecule has 1 heterocycles. The highest BCUT2D eigenvalue weighted by molar-refractivity contribution is 5.97. The lowest BCUT2D eigenvalue weighted by molar-refractivity contribution is 0.0927. The van der Waals surface area contributed by atoms with Gasteiger partial charge in [0.1, 0.15) is 11.6 Å². The van der Waals surface area contributed by atoms with Crippen LogP contribution in [0.3, 0.4) is 0 Å². The number of nitrogens with one attached hydrogen (secondary N) is 1. The Kier molecular flexibility index (Phi) is 5.93. The average Bonchev–Trinajstić information content (AvgIpc) is 3.49. The maximum atomic E-state index is 14.1. The van der Waals surface area contributed by atoms with Gasteiger partial charge >= 0.3 is 0 Å². The van der Waals surface area contributed by atoms with Crippen molar-refractivity contribution in [1.29, 1.82) is 0 Å². The Hall–Kier alpha value is -2.30. The summed E-state index contributed by atoms with van der Waals surface area (Å²) >= 11 is 0. The molecule has 0 bridgehead atoms. The number of nitrogens with zero attached hydrogens (tertiary/aromatic N) is 1. The van der Waals surface area contributed by atoms with E-state index in [0.29, 0.717) is 16.9 Å². The molecule has 0 aliphatic heterocycles. The second-order valence-corrected chi connectivity index (χ2v) is 8.57.